The van der Waals surface area contributed by atoms with E-state index in [9.17, 15) is 9.90 Å². The molecule has 6 heteroatoms. The number of aromatic amines is 1. The van der Waals surface area contributed by atoms with Gasteiger partial charge in [-0.25, -0.2) is 0 Å². The Kier molecular flexibility index (Phi) is 2.98. The average molecular weight is 302 g/mol. The van der Waals surface area contributed by atoms with Crippen LogP contribution in [-0.4, -0.2) is 15.1 Å². The van der Waals surface area contributed by atoms with Gasteiger partial charge in [0.25, 0.3) is 5.56 Å². The quantitative estimate of drug-likeness (QED) is 0.850. The summed E-state index contributed by atoms with van der Waals surface area (Å²) >= 11 is 9.16. The van der Waals surface area contributed by atoms with Crippen molar-refractivity contribution in [3.8, 4) is 17.3 Å². The van der Waals surface area contributed by atoms with Crippen LogP contribution in [0.3, 0.4) is 0 Å². The van der Waals surface area contributed by atoms with Crippen LogP contribution in [0.2, 0.25) is 5.02 Å². The number of H-pyrrole nitrogens is 1. The fraction of sp³-hybridized carbons (Fsp3) is 0. The van der Waals surface area contributed by atoms with Crippen LogP contribution in [0.25, 0.3) is 11.4 Å². The third kappa shape index (κ3) is 2.25. The normalized spacial score (nSPS) is 10.4. The number of nitrogens with zero attached hydrogens (tertiary/aromatic N) is 1. The summed E-state index contributed by atoms with van der Waals surface area (Å²) in [7, 11) is 0. The van der Waals surface area contributed by atoms with E-state index in [1.54, 1.807) is 18.2 Å². The number of benzene rings is 1. The summed E-state index contributed by atoms with van der Waals surface area (Å²) in [4.78, 5) is 17.5. The Morgan fingerprint density at radius 2 is 2.12 bits per heavy atom. The first kappa shape index (κ1) is 11.2. The molecule has 0 amide bonds. The second-order valence-corrected chi connectivity index (χ2v) is 4.37. The van der Waals surface area contributed by atoms with Gasteiger partial charge in [-0.05, 0) is 18.2 Å². The Bertz CT molecular complexity index is 598. The van der Waals surface area contributed by atoms with Gasteiger partial charge in [-0.2, -0.15) is 4.98 Å². The van der Waals surface area contributed by atoms with Crippen LogP contribution in [0.5, 0.6) is 5.88 Å². The molecule has 0 unspecified atom stereocenters. The molecule has 2 aromatic rings. The van der Waals surface area contributed by atoms with Gasteiger partial charge in [-0.3, -0.25) is 4.79 Å². The summed E-state index contributed by atoms with van der Waals surface area (Å²) in [6, 6.07) is 6.09. The van der Waals surface area contributed by atoms with Gasteiger partial charge in [-0.1, -0.05) is 27.5 Å². The summed E-state index contributed by atoms with van der Waals surface area (Å²) in [5, 5.41) is 9.75. The van der Waals surface area contributed by atoms with E-state index in [4.69, 9.17) is 11.6 Å². The Morgan fingerprint density at radius 1 is 1.38 bits per heavy atom. The zero-order valence-corrected chi connectivity index (χ0v) is 10.2. The third-order valence-electron chi connectivity index (χ3n) is 1.91. The Morgan fingerprint density at radius 3 is 2.81 bits per heavy atom. The van der Waals surface area contributed by atoms with E-state index < -0.39 is 5.56 Å². The summed E-state index contributed by atoms with van der Waals surface area (Å²) in [5.74, 6) is -0.0648. The zero-order valence-electron chi connectivity index (χ0n) is 7.87. The largest absolute Gasteiger partial charge is 0.493 e. The number of hydrogen-bond acceptors (Lipinski definition) is 3. The minimum atomic E-state index is -0.422. The van der Waals surface area contributed by atoms with Crippen LogP contribution >= 0.6 is 27.5 Å². The van der Waals surface area contributed by atoms with Crippen molar-refractivity contribution >= 4 is 27.5 Å². The second kappa shape index (κ2) is 4.27. The van der Waals surface area contributed by atoms with Crippen LogP contribution in [0, 0.1) is 0 Å². The van der Waals surface area contributed by atoms with Crippen molar-refractivity contribution in [1.82, 2.24) is 9.97 Å². The minimum absolute atomic E-state index is 0.263. The predicted molar refractivity (Wildman–Crippen MR) is 64.7 cm³/mol. The highest BCUT2D eigenvalue weighted by Crippen LogP contribution is 2.28. The molecule has 4 nitrogen and oxygen atoms in total. The molecule has 2 N–H and O–H groups in total. The van der Waals surface area contributed by atoms with Gasteiger partial charge in [-0.15, -0.1) is 0 Å². The van der Waals surface area contributed by atoms with E-state index in [0.717, 1.165) is 10.5 Å². The first-order valence-electron chi connectivity index (χ1n) is 4.32. The molecule has 1 aromatic heterocycles. The van der Waals surface area contributed by atoms with E-state index in [2.05, 4.69) is 25.9 Å². The van der Waals surface area contributed by atoms with E-state index in [-0.39, 0.29) is 11.7 Å². The van der Waals surface area contributed by atoms with Crippen LogP contribution in [0.1, 0.15) is 0 Å². The molecule has 1 aromatic carbocycles. The predicted octanol–water partition coefficient (Wildman–Crippen LogP) is 2.56. The maximum atomic E-state index is 11.2. The lowest BCUT2D eigenvalue weighted by atomic mass is 10.2. The maximum absolute atomic E-state index is 11.2. The van der Waals surface area contributed by atoms with Gasteiger partial charge in [0, 0.05) is 15.1 Å². The van der Waals surface area contributed by atoms with Crippen molar-refractivity contribution < 1.29 is 5.11 Å². The molecule has 0 bridgehead atoms. The summed E-state index contributed by atoms with van der Waals surface area (Å²) in [5.41, 5.74) is 0.190. The van der Waals surface area contributed by atoms with Gasteiger partial charge in [0.1, 0.15) is 5.82 Å². The monoisotopic (exact) mass is 300 g/mol. The molecule has 0 fully saturated rings. The number of aromatic hydroxyl groups is 1. The van der Waals surface area contributed by atoms with E-state index >= 15 is 0 Å². The Labute approximate surface area is 104 Å². The van der Waals surface area contributed by atoms with Gasteiger partial charge in [0.15, 0.2) is 0 Å². The Balaban J connectivity index is 2.66. The lowest BCUT2D eigenvalue weighted by Gasteiger charge is -2.04. The number of nitrogens with one attached hydrogen (secondary N) is 1. The molecule has 82 valence electrons. The molecule has 0 saturated carbocycles. The van der Waals surface area contributed by atoms with Crippen molar-refractivity contribution in [2.75, 3.05) is 0 Å². The fourth-order valence-electron chi connectivity index (χ4n) is 1.25. The molecule has 0 atom stereocenters. The molecule has 16 heavy (non-hydrogen) atoms. The molecule has 0 aliphatic rings. The summed E-state index contributed by atoms with van der Waals surface area (Å²) in [6.07, 6.45) is 0. The van der Waals surface area contributed by atoms with Crippen LogP contribution < -0.4 is 5.56 Å². The maximum Gasteiger partial charge on any atom is 0.254 e. The highest BCUT2D eigenvalue weighted by Gasteiger charge is 2.08. The highest BCUT2D eigenvalue weighted by molar-refractivity contribution is 9.10. The number of rotatable bonds is 1. The fourth-order valence-corrected chi connectivity index (χ4v) is 1.86. The van der Waals surface area contributed by atoms with Crippen molar-refractivity contribution in [3.05, 3.63) is 44.1 Å². The highest BCUT2D eigenvalue weighted by atomic mass is 79.9. The van der Waals surface area contributed by atoms with Crippen molar-refractivity contribution in [3.63, 3.8) is 0 Å². The lowest BCUT2D eigenvalue weighted by molar-refractivity contribution is 0.452. The van der Waals surface area contributed by atoms with E-state index in [1.165, 1.54) is 0 Å². The summed E-state index contributed by atoms with van der Waals surface area (Å²) < 4.78 is 0.727. The van der Waals surface area contributed by atoms with Crippen molar-refractivity contribution in [2.45, 2.75) is 0 Å². The topological polar surface area (TPSA) is 66.0 Å². The first-order valence-corrected chi connectivity index (χ1v) is 5.49. The molecular weight excluding hydrogens is 295 g/mol. The van der Waals surface area contributed by atoms with Gasteiger partial charge >= 0.3 is 0 Å². The van der Waals surface area contributed by atoms with Crippen LogP contribution in [0.4, 0.5) is 0 Å². The van der Waals surface area contributed by atoms with Crippen LogP contribution in [0.15, 0.2) is 33.5 Å². The molecule has 0 saturated heterocycles. The second-order valence-electron chi connectivity index (χ2n) is 3.08. The van der Waals surface area contributed by atoms with Crippen LogP contribution in [-0.2, 0) is 0 Å². The van der Waals surface area contributed by atoms with Gasteiger partial charge in [0.05, 0.1) is 6.07 Å². The molecule has 0 aliphatic carbocycles. The minimum Gasteiger partial charge on any atom is -0.493 e. The Hall–Kier alpha value is -1.33. The average Bonchev–Trinajstić information content (AvgIpc) is 2.20. The number of halogens is 2. The zero-order chi connectivity index (χ0) is 11.7. The van der Waals surface area contributed by atoms with Gasteiger partial charge < -0.3 is 10.1 Å². The van der Waals surface area contributed by atoms with Crippen molar-refractivity contribution in [1.29, 1.82) is 0 Å². The van der Waals surface area contributed by atoms with E-state index in [1.807, 2.05) is 0 Å². The third-order valence-corrected chi connectivity index (χ3v) is 2.84. The number of aromatic nitrogens is 2. The number of hydrogen-bond donors (Lipinski definition) is 2. The standard InChI is InChI=1S/C10H6BrClN2O2/c11-7-2-1-5(12)3-6(7)10-13-8(15)4-9(16)14-10/h1-4H,(H2,13,14,15,16). The lowest BCUT2D eigenvalue weighted by Crippen LogP contribution is -2.06. The van der Waals surface area contributed by atoms with Crippen molar-refractivity contribution in [2.24, 2.45) is 0 Å². The molecule has 2 rings (SSSR count). The molecule has 0 radical (unpaired) electrons. The molecule has 1 heterocycles. The molecule has 0 spiro atoms. The summed E-state index contributed by atoms with van der Waals surface area (Å²) in [6.45, 7) is 0. The molecular formula is C10H6BrClN2O2. The van der Waals surface area contributed by atoms with E-state index in [0.29, 0.717) is 10.6 Å². The first-order chi connectivity index (χ1) is 7.56. The molecule has 0 aliphatic heterocycles. The smallest absolute Gasteiger partial charge is 0.254 e. The SMILES string of the molecule is O=c1cc(O)nc(-c2cc(Cl)ccc2Br)[nH]1. The van der Waals surface area contributed by atoms with Gasteiger partial charge in [0.2, 0.25) is 5.88 Å².